The van der Waals surface area contributed by atoms with E-state index in [0.29, 0.717) is 11.9 Å². The van der Waals surface area contributed by atoms with E-state index in [1.807, 2.05) is 57.2 Å². The minimum absolute atomic E-state index is 0.0403. The zero-order chi connectivity index (χ0) is 27.0. The molecule has 9 heteroatoms. The van der Waals surface area contributed by atoms with Crippen LogP contribution in [0.1, 0.15) is 33.4 Å². The van der Waals surface area contributed by atoms with E-state index in [-0.39, 0.29) is 23.5 Å². The van der Waals surface area contributed by atoms with E-state index in [0.717, 1.165) is 56.2 Å². The monoisotopic (exact) mass is 528 g/mol. The fourth-order valence-electron chi connectivity index (χ4n) is 4.21. The standard InChI is InChI=1S/C28H27F3N2O3S/c1-18-6-4-5-7-21(18)12-13-33(37(35,36)25-10-8-24(9-11-25)28(29,30)31)17-23-16-22-14-19(2)20(3)15-26(22)32-27(23)34/h4-11,14-16H,12-13,17H2,1-3H3,(H,32,34). The average Bonchev–Trinajstić information content (AvgIpc) is 2.83. The number of hydrogen-bond acceptors (Lipinski definition) is 3. The van der Waals surface area contributed by atoms with Gasteiger partial charge in [-0.1, -0.05) is 24.3 Å². The van der Waals surface area contributed by atoms with Crippen LogP contribution in [0.25, 0.3) is 10.9 Å². The number of halogens is 3. The third kappa shape index (κ3) is 5.78. The van der Waals surface area contributed by atoms with Crippen LogP contribution in [-0.2, 0) is 29.2 Å². The normalized spacial score (nSPS) is 12.4. The van der Waals surface area contributed by atoms with E-state index >= 15 is 0 Å². The Hall–Kier alpha value is -3.43. The van der Waals surface area contributed by atoms with Gasteiger partial charge in [0.05, 0.1) is 10.5 Å². The molecule has 0 atom stereocenters. The SMILES string of the molecule is Cc1cc2cc(CN(CCc3ccccc3C)S(=O)(=O)c3ccc(C(F)(F)F)cc3)c(=O)[nH]c2cc1C. The molecule has 0 aliphatic carbocycles. The van der Waals surface area contributed by atoms with E-state index in [4.69, 9.17) is 0 Å². The predicted molar refractivity (Wildman–Crippen MR) is 138 cm³/mol. The van der Waals surface area contributed by atoms with Crippen molar-refractivity contribution in [1.29, 1.82) is 0 Å². The van der Waals surface area contributed by atoms with Crippen LogP contribution in [-0.4, -0.2) is 24.3 Å². The van der Waals surface area contributed by atoms with Crippen molar-refractivity contribution < 1.29 is 21.6 Å². The number of sulfonamides is 1. The van der Waals surface area contributed by atoms with Crippen LogP contribution in [0.3, 0.4) is 0 Å². The van der Waals surface area contributed by atoms with Crippen molar-refractivity contribution in [3.05, 3.63) is 110 Å². The second-order valence-corrected chi connectivity index (χ2v) is 11.1. The van der Waals surface area contributed by atoms with E-state index in [1.165, 1.54) is 0 Å². The first-order chi connectivity index (χ1) is 17.4. The molecular weight excluding hydrogens is 501 g/mol. The number of pyridine rings is 1. The lowest BCUT2D eigenvalue weighted by atomic mass is 10.0. The first kappa shape index (κ1) is 26.6. The molecule has 0 saturated carbocycles. The lowest BCUT2D eigenvalue weighted by Gasteiger charge is -2.23. The summed E-state index contributed by atoms with van der Waals surface area (Å²) >= 11 is 0. The molecule has 0 bridgehead atoms. The van der Waals surface area contributed by atoms with E-state index in [1.54, 1.807) is 6.07 Å². The predicted octanol–water partition coefficient (Wildman–Crippen LogP) is 5.91. The van der Waals surface area contributed by atoms with Gasteiger partial charge in [0.15, 0.2) is 0 Å². The molecule has 0 aliphatic rings. The van der Waals surface area contributed by atoms with Crippen molar-refractivity contribution in [3.8, 4) is 0 Å². The summed E-state index contributed by atoms with van der Waals surface area (Å²) in [5.74, 6) is 0. The molecule has 0 unspecified atom stereocenters. The summed E-state index contributed by atoms with van der Waals surface area (Å²) in [5, 5.41) is 0.767. The molecular formula is C28H27F3N2O3S. The lowest BCUT2D eigenvalue weighted by Crippen LogP contribution is -2.34. The van der Waals surface area contributed by atoms with E-state index < -0.39 is 27.3 Å². The number of hydrogen-bond donors (Lipinski definition) is 1. The summed E-state index contributed by atoms with van der Waals surface area (Å²) in [5.41, 5.74) is 3.51. The van der Waals surface area contributed by atoms with Crippen molar-refractivity contribution in [2.75, 3.05) is 6.54 Å². The fourth-order valence-corrected chi connectivity index (χ4v) is 5.63. The van der Waals surface area contributed by atoms with Gasteiger partial charge < -0.3 is 4.98 Å². The molecule has 4 rings (SSSR count). The highest BCUT2D eigenvalue weighted by Gasteiger charge is 2.32. The number of rotatable bonds is 7. The first-order valence-electron chi connectivity index (χ1n) is 11.7. The number of fused-ring (bicyclic) bond motifs is 1. The van der Waals surface area contributed by atoms with Crippen molar-refractivity contribution in [3.63, 3.8) is 0 Å². The van der Waals surface area contributed by atoms with Gasteiger partial charge in [-0.3, -0.25) is 4.79 Å². The topological polar surface area (TPSA) is 70.2 Å². The van der Waals surface area contributed by atoms with Gasteiger partial charge in [-0.2, -0.15) is 17.5 Å². The molecule has 0 aliphatic heterocycles. The summed E-state index contributed by atoms with van der Waals surface area (Å²) in [6.45, 7) is 5.61. The number of benzene rings is 3. The van der Waals surface area contributed by atoms with Gasteiger partial charge >= 0.3 is 6.18 Å². The summed E-state index contributed by atoms with van der Waals surface area (Å²) in [7, 11) is -4.22. The molecule has 0 spiro atoms. The summed E-state index contributed by atoms with van der Waals surface area (Å²) in [4.78, 5) is 15.5. The number of alkyl halides is 3. The Bertz CT molecular complexity index is 1610. The van der Waals surface area contributed by atoms with Crippen molar-refractivity contribution >= 4 is 20.9 Å². The Balaban J connectivity index is 1.74. The highest BCUT2D eigenvalue weighted by Crippen LogP contribution is 2.30. The summed E-state index contributed by atoms with van der Waals surface area (Å²) < 4.78 is 67.5. The van der Waals surface area contributed by atoms with Crippen LogP contribution >= 0.6 is 0 Å². The van der Waals surface area contributed by atoms with Crippen molar-refractivity contribution in [2.45, 2.75) is 44.8 Å². The average molecular weight is 529 g/mol. The van der Waals surface area contributed by atoms with Gasteiger partial charge in [-0.05, 0) is 97.3 Å². The maximum Gasteiger partial charge on any atom is 0.416 e. The smallest absolute Gasteiger partial charge is 0.322 e. The highest BCUT2D eigenvalue weighted by atomic mass is 32.2. The van der Waals surface area contributed by atoms with Gasteiger partial charge in [0.1, 0.15) is 0 Å². The molecule has 0 fully saturated rings. The van der Waals surface area contributed by atoms with Crippen LogP contribution in [0, 0.1) is 20.8 Å². The molecule has 3 aromatic carbocycles. The quantitative estimate of drug-likeness (QED) is 0.324. The number of nitrogens with zero attached hydrogens (tertiary/aromatic N) is 1. The molecule has 37 heavy (non-hydrogen) atoms. The molecule has 194 valence electrons. The number of aryl methyl sites for hydroxylation is 3. The van der Waals surface area contributed by atoms with Crippen LogP contribution in [0.2, 0.25) is 0 Å². The second kappa shape index (κ2) is 10.1. The lowest BCUT2D eigenvalue weighted by molar-refractivity contribution is -0.137. The maximum absolute atomic E-state index is 13.6. The van der Waals surface area contributed by atoms with Gasteiger partial charge in [0, 0.05) is 24.2 Å². The number of aromatic amines is 1. The van der Waals surface area contributed by atoms with Crippen LogP contribution in [0.15, 0.2) is 76.4 Å². The second-order valence-electron chi connectivity index (χ2n) is 9.18. The van der Waals surface area contributed by atoms with Crippen LogP contribution in [0.5, 0.6) is 0 Å². The summed E-state index contributed by atoms with van der Waals surface area (Å²) in [6.07, 6.45) is -4.21. The van der Waals surface area contributed by atoms with Crippen molar-refractivity contribution in [2.24, 2.45) is 0 Å². The fraction of sp³-hybridized carbons (Fsp3) is 0.250. The minimum Gasteiger partial charge on any atom is -0.322 e. The molecule has 1 N–H and O–H groups in total. The number of H-pyrrole nitrogens is 1. The molecule has 1 aromatic heterocycles. The largest absolute Gasteiger partial charge is 0.416 e. The number of nitrogens with one attached hydrogen (secondary N) is 1. The minimum atomic E-state index is -4.58. The molecule has 0 amide bonds. The third-order valence-electron chi connectivity index (χ3n) is 6.59. The maximum atomic E-state index is 13.6. The Morgan fingerprint density at radius 2 is 1.49 bits per heavy atom. The van der Waals surface area contributed by atoms with Crippen molar-refractivity contribution in [1.82, 2.24) is 9.29 Å². The van der Waals surface area contributed by atoms with Crippen LogP contribution in [0.4, 0.5) is 13.2 Å². The molecule has 0 saturated heterocycles. The van der Waals surface area contributed by atoms with E-state index in [2.05, 4.69) is 4.98 Å². The molecule has 0 radical (unpaired) electrons. The van der Waals surface area contributed by atoms with Crippen LogP contribution < -0.4 is 5.56 Å². The summed E-state index contributed by atoms with van der Waals surface area (Å²) in [6, 6.07) is 16.4. The highest BCUT2D eigenvalue weighted by molar-refractivity contribution is 7.89. The zero-order valence-electron chi connectivity index (χ0n) is 20.7. The molecule has 5 nitrogen and oxygen atoms in total. The first-order valence-corrected chi connectivity index (χ1v) is 13.2. The Kier molecular flexibility index (Phi) is 7.30. The van der Waals surface area contributed by atoms with Gasteiger partial charge in [0.2, 0.25) is 10.0 Å². The Morgan fingerprint density at radius 3 is 2.14 bits per heavy atom. The van der Waals surface area contributed by atoms with Gasteiger partial charge in [0.25, 0.3) is 5.56 Å². The molecule has 1 heterocycles. The molecule has 4 aromatic rings. The van der Waals surface area contributed by atoms with Gasteiger partial charge in [-0.15, -0.1) is 0 Å². The van der Waals surface area contributed by atoms with Gasteiger partial charge in [-0.25, -0.2) is 8.42 Å². The number of aromatic nitrogens is 1. The van der Waals surface area contributed by atoms with E-state index in [9.17, 15) is 26.4 Å². The third-order valence-corrected chi connectivity index (χ3v) is 8.45. The Labute approximate surface area is 213 Å². The Morgan fingerprint density at radius 1 is 0.838 bits per heavy atom. The zero-order valence-corrected chi connectivity index (χ0v) is 21.5.